The molecule has 2 rings (SSSR count). The Morgan fingerprint density at radius 3 is 2.62 bits per heavy atom. The summed E-state index contributed by atoms with van der Waals surface area (Å²) in [6, 6.07) is 10.6. The summed E-state index contributed by atoms with van der Waals surface area (Å²) in [6.45, 7) is 1.93. The minimum atomic E-state index is -3.53. The number of rotatable bonds is 7. The molecule has 140 valence electrons. The van der Waals surface area contributed by atoms with Gasteiger partial charge in [0.15, 0.2) is 0 Å². The molecule has 0 atom stereocenters. The highest BCUT2D eigenvalue weighted by molar-refractivity contribution is 7.92. The summed E-state index contributed by atoms with van der Waals surface area (Å²) in [5.41, 5.74) is 1.62. The summed E-state index contributed by atoms with van der Waals surface area (Å²) in [7, 11) is -3.53. The summed E-state index contributed by atoms with van der Waals surface area (Å²) in [6.07, 6.45) is 1.52. The van der Waals surface area contributed by atoms with Gasteiger partial charge in [0, 0.05) is 23.7 Å². The molecule has 5 nitrogen and oxygen atoms in total. The van der Waals surface area contributed by atoms with Gasteiger partial charge in [0.1, 0.15) is 5.82 Å². The molecule has 1 amide bonds. The van der Waals surface area contributed by atoms with E-state index < -0.39 is 15.8 Å². The summed E-state index contributed by atoms with van der Waals surface area (Å²) in [5, 5.41) is 3.02. The van der Waals surface area contributed by atoms with Crippen molar-refractivity contribution >= 4 is 38.9 Å². The molecular weight excluding hydrogens is 379 g/mol. The molecule has 0 aliphatic carbocycles. The number of hydrogen-bond acceptors (Lipinski definition) is 3. The van der Waals surface area contributed by atoms with Crippen LogP contribution in [0.3, 0.4) is 0 Å². The number of benzene rings is 2. The van der Waals surface area contributed by atoms with Crippen molar-refractivity contribution in [3.8, 4) is 0 Å². The lowest BCUT2D eigenvalue weighted by Crippen LogP contribution is -2.32. The Kier molecular flexibility index (Phi) is 6.61. The van der Waals surface area contributed by atoms with E-state index >= 15 is 0 Å². The lowest BCUT2D eigenvalue weighted by atomic mass is 10.2. The monoisotopic (exact) mass is 398 g/mol. The maximum atomic E-state index is 13.1. The highest BCUT2D eigenvalue weighted by atomic mass is 35.5. The van der Waals surface area contributed by atoms with Crippen molar-refractivity contribution in [2.45, 2.75) is 19.8 Å². The van der Waals surface area contributed by atoms with Gasteiger partial charge in [0.2, 0.25) is 15.9 Å². The van der Waals surface area contributed by atoms with Gasteiger partial charge in [-0.1, -0.05) is 23.7 Å². The van der Waals surface area contributed by atoms with E-state index in [9.17, 15) is 17.6 Å². The predicted molar refractivity (Wildman–Crippen MR) is 103 cm³/mol. The van der Waals surface area contributed by atoms with Gasteiger partial charge in [0.05, 0.1) is 11.9 Å². The summed E-state index contributed by atoms with van der Waals surface area (Å²) < 4.78 is 38.6. The first kappa shape index (κ1) is 20.2. The summed E-state index contributed by atoms with van der Waals surface area (Å²) in [5.74, 6) is -0.755. The molecule has 0 heterocycles. The zero-order chi connectivity index (χ0) is 19.3. The number of carbonyl (C=O) groups is 1. The molecule has 8 heteroatoms. The van der Waals surface area contributed by atoms with Crippen molar-refractivity contribution in [1.82, 2.24) is 0 Å². The number of amides is 1. The van der Waals surface area contributed by atoms with Gasteiger partial charge in [-0.15, -0.1) is 0 Å². The van der Waals surface area contributed by atoms with Gasteiger partial charge in [-0.2, -0.15) is 0 Å². The fraction of sp³-hybridized carbons (Fsp3) is 0.278. The molecule has 2 aromatic rings. The maximum Gasteiger partial charge on any atom is 0.232 e. The van der Waals surface area contributed by atoms with Crippen molar-refractivity contribution < 1.29 is 17.6 Å². The highest BCUT2D eigenvalue weighted by Crippen LogP contribution is 2.26. The fourth-order valence-corrected chi connectivity index (χ4v) is 3.67. The first-order valence-corrected chi connectivity index (χ1v) is 10.2. The smallest absolute Gasteiger partial charge is 0.232 e. The van der Waals surface area contributed by atoms with Crippen LogP contribution in [0.5, 0.6) is 0 Å². The molecule has 0 saturated carbocycles. The number of nitrogens with zero attached hydrogens (tertiary/aromatic N) is 1. The Balaban J connectivity index is 2.02. The first-order valence-electron chi connectivity index (χ1n) is 7.96. The molecule has 0 radical (unpaired) electrons. The Morgan fingerprint density at radius 2 is 1.96 bits per heavy atom. The van der Waals surface area contributed by atoms with E-state index in [2.05, 4.69) is 5.32 Å². The number of halogens is 2. The second kappa shape index (κ2) is 8.51. The lowest BCUT2D eigenvalue weighted by molar-refractivity contribution is -0.116. The first-order chi connectivity index (χ1) is 12.2. The molecule has 1 N–H and O–H groups in total. The number of anilines is 2. The Morgan fingerprint density at radius 1 is 1.23 bits per heavy atom. The van der Waals surface area contributed by atoms with Crippen molar-refractivity contribution in [2.24, 2.45) is 0 Å². The zero-order valence-electron chi connectivity index (χ0n) is 14.5. The number of aryl methyl sites for hydroxylation is 1. The van der Waals surface area contributed by atoms with Gasteiger partial charge in [0.25, 0.3) is 0 Å². The van der Waals surface area contributed by atoms with Gasteiger partial charge < -0.3 is 5.32 Å². The number of hydrogen-bond donors (Lipinski definition) is 1. The standard InChI is InChI=1S/C18H20ClFN2O3S/c1-13-8-9-14(19)11-17(13)22(26(2,24)25)10-4-7-18(23)21-16-6-3-5-15(20)12-16/h3,5-6,8-9,11-12H,4,7,10H2,1-2H3,(H,21,23). The normalized spacial score (nSPS) is 11.2. The molecular formula is C18H20ClFN2O3S. The van der Waals surface area contributed by atoms with E-state index in [4.69, 9.17) is 11.6 Å². The Labute approximate surface area is 157 Å². The highest BCUT2D eigenvalue weighted by Gasteiger charge is 2.19. The van der Waals surface area contributed by atoms with Gasteiger partial charge in [-0.05, 0) is 49.2 Å². The molecule has 0 aliphatic rings. The number of sulfonamides is 1. The molecule has 0 aliphatic heterocycles. The maximum absolute atomic E-state index is 13.1. The van der Waals surface area contributed by atoms with Crippen LogP contribution >= 0.6 is 11.6 Å². The van der Waals surface area contributed by atoms with Gasteiger partial charge in [-0.25, -0.2) is 12.8 Å². The number of carbonyl (C=O) groups excluding carboxylic acids is 1. The third-order valence-corrected chi connectivity index (χ3v) is 5.13. The predicted octanol–water partition coefficient (Wildman–Crippen LogP) is 3.97. The molecule has 0 unspecified atom stereocenters. The minimum Gasteiger partial charge on any atom is -0.326 e. The van der Waals surface area contributed by atoms with Crippen LogP contribution in [0.15, 0.2) is 42.5 Å². The molecule has 0 aromatic heterocycles. The molecule has 2 aromatic carbocycles. The fourth-order valence-electron chi connectivity index (χ4n) is 2.49. The van der Waals surface area contributed by atoms with Crippen LogP contribution in [0.4, 0.5) is 15.8 Å². The third kappa shape index (κ3) is 5.71. The van der Waals surface area contributed by atoms with Crippen LogP contribution in [-0.2, 0) is 14.8 Å². The van der Waals surface area contributed by atoms with Crippen molar-refractivity contribution in [3.05, 3.63) is 58.9 Å². The van der Waals surface area contributed by atoms with E-state index in [1.54, 1.807) is 31.2 Å². The van der Waals surface area contributed by atoms with Crippen LogP contribution in [0.1, 0.15) is 18.4 Å². The van der Waals surface area contributed by atoms with Crippen LogP contribution in [0.2, 0.25) is 5.02 Å². The summed E-state index contributed by atoms with van der Waals surface area (Å²) in [4.78, 5) is 12.0. The van der Waals surface area contributed by atoms with E-state index in [-0.39, 0.29) is 18.9 Å². The van der Waals surface area contributed by atoms with Crippen LogP contribution in [0, 0.1) is 12.7 Å². The second-order valence-corrected chi connectivity index (χ2v) is 8.27. The van der Waals surface area contributed by atoms with Crippen LogP contribution < -0.4 is 9.62 Å². The molecule has 0 spiro atoms. The lowest BCUT2D eigenvalue weighted by Gasteiger charge is -2.24. The summed E-state index contributed by atoms with van der Waals surface area (Å²) >= 11 is 5.98. The van der Waals surface area contributed by atoms with E-state index in [0.717, 1.165) is 11.8 Å². The number of nitrogens with one attached hydrogen (secondary N) is 1. The Hall–Kier alpha value is -2.12. The largest absolute Gasteiger partial charge is 0.326 e. The zero-order valence-corrected chi connectivity index (χ0v) is 16.1. The average molecular weight is 399 g/mol. The van der Waals surface area contributed by atoms with Crippen molar-refractivity contribution in [1.29, 1.82) is 0 Å². The Bertz CT molecular complexity index is 903. The van der Waals surface area contributed by atoms with E-state index in [0.29, 0.717) is 22.8 Å². The van der Waals surface area contributed by atoms with Gasteiger partial charge in [-0.3, -0.25) is 9.10 Å². The third-order valence-electron chi connectivity index (χ3n) is 3.71. The molecule has 26 heavy (non-hydrogen) atoms. The van der Waals surface area contributed by atoms with E-state index in [1.807, 2.05) is 0 Å². The minimum absolute atomic E-state index is 0.0994. The van der Waals surface area contributed by atoms with Gasteiger partial charge >= 0.3 is 0 Å². The van der Waals surface area contributed by atoms with E-state index in [1.165, 1.54) is 22.5 Å². The second-order valence-electron chi connectivity index (χ2n) is 5.93. The van der Waals surface area contributed by atoms with Crippen LogP contribution in [0.25, 0.3) is 0 Å². The quantitative estimate of drug-likeness (QED) is 0.767. The average Bonchev–Trinajstić information content (AvgIpc) is 2.53. The van der Waals surface area contributed by atoms with Crippen molar-refractivity contribution in [2.75, 3.05) is 22.4 Å². The van der Waals surface area contributed by atoms with Crippen molar-refractivity contribution in [3.63, 3.8) is 0 Å². The SMILES string of the molecule is Cc1ccc(Cl)cc1N(CCCC(=O)Nc1cccc(F)c1)S(C)(=O)=O. The topological polar surface area (TPSA) is 66.5 Å². The molecule has 0 saturated heterocycles. The molecule has 0 bridgehead atoms. The molecule has 0 fully saturated rings. The van der Waals surface area contributed by atoms with Crippen LogP contribution in [-0.4, -0.2) is 27.1 Å².